The molecule has 60 heavy (non-hydrogen) atoms. The molecule has 0 saturated heterocycles. The highest BCUT2D eigenvalue weighted by Crippen LogP contribution is 2.69. The zero-order valence-electron chi connectivity index (χ0n) is 33.6. The number of benzene rings is 8. The van der Waals surface area contributed by atoms with Crippen LogP contribution in [0.15, 0.2) is 192 Å². The number of hydrogen-bond donors (Lipinski definition) is 0. The second-order valence-corrected chi connectivity index (χ2v) is 18.1. The van der Waals surface area contributed by atoms with Crippen molar-refractivity contribution in [3.8, 4) is 44.5 Å². The number of nitrogens with zero attached hydrogens (tertiary/aromatic N) is 1. The van der Waals surface area contributed by atoms with Gasteiger partial charge in [0.25, 0.3) is 0 Å². The fraction of sp³-hybridized carbons (Fsp3) is 0.172. The average molecular weight is 772 g/mol. The summed E-state index contributed by atoms with van der Waals surface area (Å²) in [5.41, 5.74) is 18.9. The summed E-state index contributed by atoms with van der Waals surface area (Å²) in [4.78, 5) is 2.33. The molecule has 8 aromatic carbocycles. The molecule has 5 aliphatic carbocycles. The third kappa shape index (κ3) is 5.13. The van der Waals surface area contributed by atoms with Gasteiger partial charge in [-0.2, -0.15) is 0 Å². The monoisotopic (exact) mass is 771 g/mol. The van der Waals surface area contributed by atoms with Crippen molar-refractivity contribution in [3.05, 3.63) is 199 Å². The molecule has 5 aliphatic rings. The molecule has 1 spiro atoms. The molecular formula is C58H45NO. The Labute approximate surface area is 351 Å². The van der Waals surface area contributed by atoms with Gasteiger partial charge in [0.1, 0.15) is 11.2 Å². The quantitative estimate of drug-likeness (QED) is 0.167. The summed E-state index contributed by atoms with van der Waals surface area (Å²) in [7, 11) is 0. The van der Waals surface area contributed by atoms with Gasteiger partial charge in [-0.25, -0.2) is 0 Å². The lowest BCUT2D eigenvalue weighted by atomic mass is 9.43. The molecule has 0 atom stereocenters. The highest BCUT2D eigenvalue weighted by Gasteiger charge is 2.61. The van der Waals surface area contributed by atoms with Crippen molar-refractivity contribution in [2.75, 3.05) is 4.90 Å². The van der Waals surface area contributed by atoms with Gasteiger partial charge in [-0.3, -0.25) is 0 Å². The third-order valence-corrected chi connectivity index (χ3v) is 15.1. The van der Waals surface area contributed by atoms with E-state index in [1.54, 1.807) is 11.1 Å². The second kappa shape index (κ2) is 13.2. The van der Waals surface area contributed by atoms with Crippen molar-refractivity contribution < 1.29 is 4.42 Å². The molecule has 4 fully saturated rings. The number of para-hydroxylation sites is 1. The lowest BCUT2D eigenvalue weighted by Crippen LogP contribution is -2.55. The maximum absolute atomic E-state index is 6.37. The lowest BCUT2D eigenvalue weighted by Gasteiger charge is -2.61. The molecule has 0 radical (unpaired) electrons. The van der Waals surface area contributed by atoms with Gasteiger partial charge in [0.15, 0.2) is 0 Å². The molecule has 4 saturated carbocycles. The molecule has 9 aromatic rings. The van der Waals surface area contributed by atoms with Crippen LogP contribution in [0.25, 0.3) is 66.4 Å². The Kier molecular flexibility index (Phi) is 7.52. The minimum Gasteiger partial charge on any atom is -0.456 e. The predicted octanol–water partition coefficient (Wildman–Crippen LogP) is 15.8. The Bertz CT molecular complexity index is 3050. The Hall–Kier alpha value is -6.64. The van der Waals surface area contributed by atoms with Crippen LogP contribution in [0.2, 0.25) is 0 Å². The molecule has 2 heteroatoms. The molecule has 0 unspecified atom stereocenters. The van der Waals surface area contributed by atoms with Crippen molar-refractivity contribution in [1.82, 2.24) is 0 Å². The van der Waals surface area contributed by atoms with Crippen LogP contribution in [0, 0.1) is 23.7 Å². The van der Waals surface area contributed by atoms with E-state index in [0.29, 0.717) is 0 Å². The molecule has 288 valence electrons. The Morgan fingerprint density at radius 1 is 0.367 bits per heavy atom. The lowest BCUT2D eigenvalue weighted by molar-refractivity contribution is -0.0399. The Morgan fingerprint density at radius 2 is 0.867 bits per heavy atom. The summed E-state index contributed by atoms with van der Waals surface area (Å²) >= 11 is 0. The van der Waals surface area contributed by atoms with E-state index in [1.807, 2.05) is 12.1 Å². The topological polar surface area (TPSA) is 16.4 Å². The fourth-order valence-corrected chi connectivity index (χ4v) is 12.7. The van der Waals surface area contributed by atoms with Gasteiger partial charge < -0.3 is 9.32 Å². The van der Waals surface area contributed by atoms with E-state index < -0.39 is 0 Å². The summed E-state index contributed by atoms with van der Waals surface area (Å²) < 4.78 is 6.37. The maximum atomic E-state index is 6.37. The number of furan rings is 1. The van der Waals surface area contributed by atoms with Crippen molar-refractivity contribution in [2.24, 2.45) is 23.7 Å². The van der Waals surface area contributed by atoms with E-state index in [9.17, 15) is 0 Å². The molecule has 1 heterocycles. The normalized spacial score (nSPS) is 22.1. The van der Waals surface area contributed by atoms with Crippen LogP contribution in [0.3, 0.4) is 0 Å². The summed E-state index contributed by atoms with van der Waals surface area (Å²) in [6, 6.07) is 69.4. The van der Waals surface area contributed by atoms with Crippen molar-refractivity contribution in [1.29, 1.82) is 0 Å². The van der Waals surface area contributed by atoms with E-state index in [1.165, 1.54) is 76.6 Å². The van der Waals surface area contributed by atoms with Crippen molar-refractivity contribution in [2.45, 2.75) is 37.5 Å². The zero-order valence-corrected chi connectivity index (χ0v) is 33.6. The Morgan fingerprint density at radius 3 is 1.55 bits per heavy atom. The van der Waals surface area contributed by atoms with Gasteiger partial charge in [-0.1, -0.05) is 133 Å². The van der Waals surface area contributed by atoms with E-state index in [0.717, 1.165) is 62.7 Å². The molecule has 1 aromatic heterocycles. The standard InChI is InChI=1S/C58H45NO/c1-2-8-39(9-3-1)41-18-23-47(24-19-41)59(49-27-28-52-51-11-5-7-13-56(51)60-57(52)36-49)48-25-20-42(21-26-48)40-14-16-43(17-15-40)44-22-29-55-53(35-44)50-10-4-6-12-54(50)58(55)45-31-37-30-38(33-45)34-46(58)32-37/h1-29,35-38,45-46H,30-34H2. The van der Waals surface area contributed by atoms with Crippen LogP contribution in [0.5, 0.6) is 0 Å². The molecule has 4 bridgehead atoms. The molecule has 2 nitrogen and oxygen atoms in total. The third-order valence-electron chi connectivity index (χ3n) is 15.1. The maximum Gasteiger partial charge on any atom is 0.137 e. The minimum atomic E-state index is 0.218. The summed E-state index contributed by atoms with van der Waals surface area (Å²) in [5, 5.41) is 2.27. The fourth-order valence-electron chi connectivity index (χ4n) is 12.7. The predicted molar refractivity (Wildman–Crippen MR) is 248 cm³/mol. The van der Waals surface area contributed by atoms with Crippen LogP contribution >= 0.6 is 0 Å². The second-order valence-electron chi connectivity index (χ2n) is 18.1. The van der Waals surface area contributed by atoms with E-state index in [2.05, 4.69) is 181 Å². The van der Waals surface area contributed by atoms with Crippen LogP contribution < -0.4 is 4.90 Å². The first kappa shape index (κ1) is 34.2. The van der Waals surface area contributed by atoms with Crippen molar-refractivity contribution >= 4 is 39.0 Å². The summed E-state index contributed by atoms with van der Waals surface area (Å²) in [6.07, 6.45) is 7.17. The van der Waals surface area contributed by atoms with Gasteiger partial charge in [0, 0.05) is 39.3 Å². The van der Waals surface area contributed by atoms with Gasteiger partial charge in [-0.05, 0) is 160 Å². The molecule has 0 N–H and O–H groups in total. The van der Waals surface area contributed by atoms with Crippen LogP contribution in [-0.2, 0) is 5.41 Å². The first-order valence-electron chi connectivity index (χ1n) is 22.0. The number of rotatable bonds is 6. The molecular weight excluding hydrogens is 727 g/mol. The van der Waals surface area contributed by atoms with Crippen LogP contribution in [-0.4, -0.2) is 0 Å². The number of hydrogen-bond acceptors (Lipinski definition) is 2. The summed E-state index contributed by atoms with van der Waals surface area (Å²) in [5.74, 6) is 3.50. The smallest absolute Gasteiger partial charge is 0.137 e. The SMILES string of the molecule is c1ccc(-c2ccc(N(c3ccc(-c4ccc(-c5ccc6c(c5)-c5ccccc5C65C6CC7CC(C6)CC5C7)cc4)cc3)c3ccc4c(c3)oc3ccccc34)cc2)cc1. The number of anilines is 3. The zero-order chi connectivity index (χ0) is 39.4. The molecule has 14 rings (SSSR count). The largest absolute Gasteiger partial charge is 0.456 e. The molecule has 0 aliphatic heterocycles. The number of fused-ring (bicyclic) bond motifs is 6. The highest BCUT2D eigenvalue weighted by molar-refractivity contribution is 6.06. The van der Waals surface area contributed by atoms with E-state index in [-0.39, 0.29) is 5.41 Å². The van der Waals surface area contributed by atoms with Crippen molar-refractivity contribution in [3.63, 3.8) is 0 Å². The average Bonchev–Trinajstić information content (AvgIpc) is 3.82. The Balaban J connectivity index is 0.826. The van der Waals surface area contributed by atoms with E-state index in [4.69, 9.17) is 4.42 Å². The van der Waals surface area contributed by atoms with E-state index >= 15 is 0 Å². The van der Waals surface area contributed by atoms with Gasteiger partial charge in [0.2, 0.25) is 0 Å². The first-order chi connectivity index (χ1) is 29.7. The van der Waals surface area contributed by atoms with Crippen LogP contribution in [0.4, 0.5) is 17.1 Å². The molecule has 0 amide bonds. The van der Waals surface area contributed by atoms with Gasteiger partial charge in [-0.15, -0.1) is 0 Å². The minimum absolute atomic E-state index is 0.218. The van der Waals surface area contributed by atoms with Crippen LogP contribution in [0.1, 0.15) is 43.2 Å². The van der Waals surface area contributed by atoms with Gasteiger partial charge >= 0.3 is 0 Å². The van der Waals surface area contributed by atoms with Gasteiger partial charge in [0.05, 0.1) is 0 Å². The first-order valence-corrected chi connectivity index (χ1v) is 22.0. The highest BCUT2D eigenvalue weighted by atomic mass is 16.3. The summed E-state index contributed by atoms with van der Waals surface area (Å²) in [6.45, 7) is 0.